The third-order valence-corrected chi connectivity index (χ3v) is 4.13. The Morgan fingerprint density at radius 3 is 2.41 bits per heavy atom. The molecule has 0 radical (unpaired) electrons. The Morgan fingerprint density at radius 1 is 1.07 bits per heavy atom. The molecular formula is C19H18ClN3O4. The normalized spacial score (nSPS) is 11.0. The maximum atomic E-state index is 12.3. The number of ether oxygens (including phenoxy) is 3. The van der Waals surface area contributed by atoms with E-state index in [9.17, 15) is 4.79 Å². The molecule has 0 aliphatic rings. The third-order valence-electron chi connectivity index (χ3n) is 3.89. The van der Waals surface area contributed by atoms with Gasteiger partial charge in [0, 0.05) is 21.5 Å². The summed E-state index contributed by atoms with van der Waals surface area (Å²) in [6.07, 6.45) is 1.49. The number of benzene rings is 2. The summed E-state index contributed by atoms with van der Waals surface area (Å²) in [4.78, 5) is 15.3. The number of carbonyl (C=O) groups excluding carboxylic acids is 1. The number of hydrogen-bond donors (Lipinski definition) is 2. The average molecular weight is 388 g/mol. The molecule has 0 saturated heterocycles. The zero-order valence-corrected chi connectivity index (χ0v) is 15.8. The first-order valence-electron chi connectivity index (χ1n) is 7.97. The second kappa shape index (κ2) is 8.01. The summed E-state index contributed by atoms with van der Waals surface area (Å²) in [5, 5.41) is 5.44. The van der Waals surface area contributed by atoms with Crippen LogP contribution in [0.1, 0.15) is 16.1 Å². The molecule has 3 rings (SSSR count). The van der Waals surface area contributed by atoms with Crippen molar-refractivity contribution < 1.29 is 19.0 Å². The maximum Gasteiger partial charge on any atom is 0.287 e. The van der Waals surface area contributed by atoms with E-state index in [0.717, 1.165) is 10.9 Å². The molecule has 0 fully saturated rings. The minimum Gasteiger partial charge on any atom is -0.493 e. The van der Waals surface area contributed by atoms with Crippen molar-refractivity contribution in [3.05, 3.63) is 52.7 Å². The van der Waals surface area contributed by atoms with Gasteiger partial charge in [0.1, 0.15) is 5.69 Å². The van der Waals surface area contributed by atoms with Crippen LogP contribution in [0.2, 0.25) is 5.02 Å². The number of nitrogens with zero attached hydrogens (tertiary/aromatic N) is 1. The summed E-state index contributed by atoms with van der Waals surface area (Å²) in [6.45, 7) is 0. The van der Waals surface area contributed by atoms with Gasteiger partial charge in [0.15, 0.2) is 11.5 Å². The molecule has 0 unspecified atom stereocenters. The number of aromatic amines is 1. The van der Waals surface area contributed by atoms with Gasteiger partial charge in [-0.25, -0.2) is 5.43 Å². The van der Waals surface area contributed by atoms with Crippen molar-refractivity contribution in [3.8, 4) is 17.2 Å². The Balaban J connectivity index is 1.77. The van der Waals surface area contributed by atoms with E-state index in [1.807, 2.05) is 6.07 Å². The molecule has 2 N–H and O–H groups in total. The van der Waals surface area contributed by atoms with Crippen molar-refractivity contribution in [2.24, 2.45) is 5.10 Å². The van der Waals surface area contributed by atoms with Crippen LogP contribution in [0.25, 0.3) is 10.9 Å². The number of methoxy groups -OCH3 is 3. The highest BCUT2D eigenvalue weighted by Gasteiger charge is 2.13. The molecule has 0 atom stereocenters. The largest absolute Gasteiger partial charge is 0.493 e. The number of aromatic nitrogens is 1. The van der Waals surface area contributed by atoms with E-state index in [4.69, 9.17) is 25.8 Å². The highest BCUT2D eigenvalue weighted by molar-refractivity contribution is 6.31. The summed E-state index contributed by atoms with van der Waals surface area (Å²) in [6, 6.07) is 10.5. The lowest BCUT2D eigenvalue weighted by Gasteiger charge is -2.12. The van der Waals surface area contributed by atoms with E-state index in [2.05, 4.69) is 15.5 Å². The molecule has 0 saturated carbocycles. The van der Waals surface area contributed by atoms with Crippen LogP contribution in [0.4, 0.5) is 0 Å². The molecule has 140 valence electrons. The Kier molecular flexibility index (Phi) is 5.52. The molecule has 0 aliphatic heterocycles. The van der Waals surface area contributed by atoms with Crippen molar-refractivity contribution in [1.82, 2.24) is 10.4 Å². The number of hydrogen-bond acceptors (Lipinski definition) is 5. The molecule has 1 amide bonds. The molecule has 3 aromatic rings. The summed E-state index contributed by atoms with van der Waals surface area (Å²) in [5.41, 5.74) is 4.36. The Hall–Kier alpha value is -3.19. The van der Waals surface area contributed by atoms with Crippen LogP contribution in [-0.4, -0.2) is 38.4 Å². The third kappa shape index (κ3) is 3.98. The van der Waals surface area contributed by atoms with Crippen molar-refractivity contribution in [1.29, 1.82) is 0 Å². The summed E-state index contributed by atoms with van der Waals surface area (Å²) >= 11 is 5.96. The zero-order valence-electron chi connectivity index (χ0n) is 15.0. The van der Waals surface area contributed by atoms with Crippen LogP contribution in [0, 0.1) is 0 Å². The van der Waals surface area contributed by atoms with Crippen molar-refractivity contribution in [2.75, 3.05) is 21.3 Å². The number of halogens is 1. The van der Waals surface area contributed by atoms with E-state index in [-0.39, 0.29) is 5.91 Å². The van der Waals surface area contributed by atoms with Crippen LogP contribution in [-0.2, 0) is 0 Å². The molecule has 0 spiro atoms. The fourth-order valence-electron chi connectivity index (χ4n) is 2.63. The van der Waals surface area contributed by atoms with Crippen molar-refractivity contribution in [3.63, 3.8) is 0 Å². The Bertz CT molecular complexity index is 988. The first-order valence-corrected chi connectivity index (χ1v) is 8.35. The Labute approximate surface area is 160 Å². The van der Waals surface area contributed by atoms with E-state index in [0.29, 0.717) is 33.5 Å². The number of rotatable bonds is 6. The number of fused-ring (bicyclic) bond motifs is 1. The molecule has 0 bridgehead atoms. The monoisotopic (exact) mass is 387 g/mol. The minimum absolute atomic E-state index is 0.369. The predicted molar refractivity (Wildman–Crippen MR) is 104 cm³/mol. The predicted octanol–water partition coefficient (Wildman–Crippen LogP) is 3.61. The molecule has 27 heavy (non-hydrogen) atoms. The van der Waals surface area contributed by atoms with Crippen LogP contribution in [0.5, 0.6) is 17.2 Å². The second-order valence-electron chi connectivity index (χ2n) is 5.57. The molecule has 8 heteroatoms. The number of amides is 1. The SMILES string of the molecule is COc1cc(C=NNC(=O)c2cc3cc(Cl)ccc3[nH]2)cc(OC)c1OC. The fourth-order valence-corrected chi connectivity index (χ4v) is 2.81. The first kappa shape index (κ1) is 18.6. The van der Waals surface area contributed by atoms with Crippen molar-refractivity contribution >= 4 is 34.6 Å². The molecule has 1 heterocycles. The van der Waals surface area contributed by atoms with E-state index < -0.39 is 0 Å². The van der Waals surface area contributed by atoms with E-state index in [1.54, 1.807) is 30.3 Å². The smallest absolute Gasteiger partial charge is 0.287 e. The zero-order chi connectivity index (χ0) is 19.4. The molecular weight excluding hydrogens is 370 g/mol. The topological polar surface area (TPSA) is 84.9 Å². The Morgan fingerprint density at radius 2 is 1.78 bits per heavy atom. The lowest BCUT2D eigenvalue weighted by Crippen LogP contribution is -2.17. The van der Waals surface area contributed by atoms with Gasteiger partial charge in [-0.05, 0) is 36.4 Å². The first-order chi connectivity index (χ1) is 13.0. The molecule has 1 aromatic heterocycles. The lowest BCUT2D eigenvalue weighted by molar-refractivity contribution is 0.0951. The highest BCUT2D eigenvalue weighted by atomic mass is 35.5. The van der Waals surface area contributed by atoms with Crippen LogP contribution < -0.4 is 19.6 Å². The van der Waals surface area contributed by atoms with Gasteiger partial charge in [-0.1, -0.05) is 11.6 Å². The van der Waals surface area contributed by atoms with Gasteiger partial charge in [-0.15, -0.1) is 0 Å². The summed E-state index contributed by atoms with van der Waals surface area (Å²) < 4.78 is 15.9. The van der Waals surface area contributed by atoms with Crippen LogP contribution >= 0.6 is 11.6 Å². The van der Waals surface area contributed by atoms with Gasteiger partial charge in [0.25, 0.3) is 5.91 Å². The lowest BCUT2D eigenvalue weighted by atomic mass is 10.2. The maximum absolute atomic E-state index is 12.3. The average Bonchev–Trinajstić information content (AvgIpc) is 3.10. The summed E-state index contributed by atoms with van der Waals surface area (Å²) in [5.74, 6) is 1.11. The minimum atomic E-state index is -0.369. The van der Waals surface area contributed by atoms with E-state index >= 15 is 0 Å². The number of nitrogens with one attached hydrogen (secondary N) is 2. The number of H-pyrrole nitrogens is 1. The summed E-state index contributed by atoms with van der Waals surface area (Å²) in [7, 11) is 4.59. The number of hydrazone groups is 1. The van der Waals surface area contributed by atoms with Crippen LogP contribution in [0.3, 0.4) is 0 Å². The number of carbonyl (C=O) groups is 1. The van der Waals surface area contributed by atoms with Crippen molar-refractivity contribution in [2.45, 2.75) is 0 Å². The van der Waals surface area contributed by atoms with Crippen LogP contribution in [0.15, 0.2) is 41.5 Å². The van der Waals surface area contributed by atoms with Gasteiger partial charge in [0.2, 0.25) is 5.75 Å². The van der Waals surface area contributed by atoms with Gasteiger partial charge in [-0.2, -0.15) is 5.10 Å². The van der Waals surface area contributed by atoms with Gasteiger partial charge >= 0.3 is 0 Å². The molecule has 0 aliphatic carbocycles. The standard InChI is InChI=1S/C19H18ClN3O4/c1-25-16-6-11(7-17(26-2)18(16)27-3)10-21-23-19(24)15-9-12-8-13(20)4-5-14(12)22-15/h4-10,22H,1-3H3,(H,23,24). The fraction of sp³-hybridized carbons (Fsp3) is 0.158. The molecule has 2 aromatic carbocycles. The van der Waals surface area contributed by atoms with Gasteiger partial charge in [-0.3, -0.25) is 4.79 Å². The molecule has 7 nitrogen and oxygen atoms in total. The highest BCUT2D eigenvalue weighted by Crippen LogP contribution is 2.37. The van der Waals surface area contributed by atoms with Gasteiger partial charge in [0.05, 0.1) is 27.5 Å². The quantitative estimate of drug-likeness (QED) is 0.499. The van der Waals surface area contributed by atoms with E-state index in [1.165, 1.54) is 27.5 Å². The second-order valence-corrected chi connectivity index (χ2v) is 6.01. The van der Waals surface area contributed by atoms with Gasteiger partial charge < -0.3 is 19.2 Å².